The van der Waals surface area contributed by atoms with Gasteiger partial charge < -0.3 is 18.9 Å². The first-order valence-electron chi connectivity index (χ1n) is 11.5. The van der Waals surface area contributed by atoms with Gasteiger partial charge in [0.25, 0.3) is 11.8 Å². The first-order chi connectivity index (χ1) is 17.0. The zero-order chi connectivity index (χ0) is 24.1. The molecule has 2 amide bonds. The molecule has 9 heteroatoms. The average Bonchev–Trinajstić information content (AvgIpc) is 3.64. The molecule has 0 spiro atoms. The summed E-state index contributed by atoms with van der Waals surface area (Å²) in [5.74, 6) is 0.222. The Morgan fingerprint density at radius 1 is 1.03 bits per heavy atom. The Balaban J connectivity index is 1.19. The van der Waals surface area contributed by atoms with E-state index in [4.69, 9.17) is 18.9 Å². The van der Waals surface area contributed by atoms with Crippen molar-refractivity contribution < 1.29 is 33.3 Å². The second-order valence-electron chi connectivity index (χ2n) is 8.83. The Hall–Kier alpha value is -4.14. The van der Waals surface area contributed by atoms with Gasteiger partial charge in [0.15, 0.2) is 23.0 Å². The zero-order valence-electron chi connectivity index (χ0n) is 18.9. The van der Waals surface area contributed by atoms with Crippen LogP contribution in [0.4, 0.5) is 0 Å². The molecule has 9 nitrogen and oxygen atoms in total. The molecule has 4 atom stereocenters. The van der Waals surface area contributed by atoms with Crippen molar-refractivity contribution in [1.82, 2.24) is 5.01 Å². The van der Waals surface area contributed by atoms with Gasteiger partial charge in [-0.15, -0.1) is 0 Å². The molecule has 0 aromatic heterocycles. The maximum absolute atomic E-state index is 12.8. The number of rotatable bonds is 6. The van der Waals surface area contributed by atoms with Crippen molar-refractivity contribution >= 4 is 24.0 Å². The summed E-state index contributed by atoms with van der Waals surface area (Å²) in [5.41, 5.74) is 0.900. The summed E-state index contributed by atoms with van der Waals surface area (Å²) in [6, 6.07) is 9.71. The lowest BCUT2D eigenvalue weighted by molar-refractivity contribution is -0.140. The topological polar surface area (TPSA) is 104 Å². The highest BCUT2D eigenvalue weighted by atomic mass is 16.7. The van der Waals surface area contributed by atoms with Gasteiger partial charge in [0.2, 0.25) is 6.79 Å². The van der Waals surface area contributed by atoms with Gasteiger partial charge in [0.05, 0.1) is 30.2 Å². The molecule has 1 saturated carbocycles. The number of fused-ring (bicyclic) bond motifs is 6. The number of hydrogen-bond donors (Lipinski definition) is 0. The van der Waals surface area contributed by atoms with E-state index < -0.39 is 5.97 Å². The number of allylic oxidation sites excluding steroid dienone is 2. The number of esters is 1. The van der Waals surface area contributed by atoms with Crippen LogP contribution in [-0.2, 0) is 9.59 Å². The van der Waals surface area contributed by atoms with Crippen molar-refractivity contribution in [1.29, 1.82) is 0 Å². The van der Waals surface area contributed by atoms with Crippen molar-refractivity contribution in [2.24, 2.45) is 28.8 Å². The molecule has 1 saturated heterocycles. The molecular formula is C26H22N2O7. The molecule has 2 aliphatic carbocycles. The van der Waals surface area contributed by atoms with Crippen molar-refractivity contribution in [3.05, 3.63) is 59.7 Å². The number of carbonyl (C=O) groups excluding carboxylic acids is 3. The largest absolute Gasteiger partial charge is 0.490 e. The first-order valence-corrected chi connectivity index (χ1v) is 11.5. The number of nitrogens with zero attached hydrogens (tertiary/aromatic N) is 2. The Labute approximate surface area is 200 Å². The maximum Gasteiger partial charge on any atom is 0.343 e. The first kappa shape index (κ1) is 21.4. The van der Waals surface area contributed by atoms with Crippen LogP contribution < -0.4 is 18.9 Å². The van der Waals surface area contributed by atoms with Crippen LogP contribution >= 0.6 is 0 Å². The normalized spacial score (nSPS) is 25.6. The van der Waals surface area contributed by atoms with E-state index in [2.05, 4.69) is 5.10 Å². The van der Waals surface area contributed by atoms with Gasteiger partial charge >= 0.3 is 5.97 Å². The molecular weight excluding hydrogens is 452 g/mol. The van der Waals surface area contributed by atoms with Crippen LogP contribution in [0, 0.1) is 23.7 Å². The van der Waals surface area contributed by atoms with E-state index in [1.165, 1.54) is 6.21 Å². The Morgan fingerprint density at radius 2 is 1.77 bits per heavy atom. The second-order valence-corrected chi connectivity index (χ2v) is 8.83. The standard InChI is InChI=1S/C26H22N2O7/c1-2-32-20-9-14(12-27-28-24(29)22-15-4-5-16(10-15)23(22)25(28)30)3-7-19(20)35-26(31)17-6-8-18-21(11-17)34-13-33-18/h3-9,11-12,15-16,22-23H,2,10,13H2,1H3/t15-,16-,22-,23+/m0/s1. The molecule has 2 aromatic carbocycles. The summed E-state index contributed by atoms with van der Waals surface area (Å²) in [6.07, 6.45) is 6.40. The highest BCUT2D eigenvalue weighted by molar-refractivity contribution is 6.06. The van der Waals surface area contributed by atoms with Crippen molar-refractivity contribution in [3.8, 4) is 23.0 Å². The fourth-order valence-electron chi connectivity index (χ4n) is 5.26. The molecule has 2 aromatic rings. The molecule has 0 N–H and O–H groups in total. The van der Waals surface area contributed by atoms with Crippen LogP contribution in [-0.4, -0.2) is 42.4 Å². The van der Waals surface area contributed by atoms with E-state index in [1.54, 1.807) is 36.4 Å². The quantitative estimate of drug-likeness (QED) is 0.208. The van der Waals surface area contributed by atoms with E-state index in [9.17, 15) is 14.4 Å². The van der Waals surface area contributed by atoms with Crippen LogP contribution in [0.3, 0.4) is 0 Å². The summed E-state index contributed by atoms with van der Waals surface area (Å²) in [5, 5.41) is 5.20. The minimum absolute atomic E-state index is 0.110. The molecule has 6 rings (SSSR count). The van der Waals surface area contributed by atoms with Gasteiger partial charge in [-0.1, -0.05) is 12.2 Å². The molecule has 2 fully saturated rings. The third kappa shape index (κ3) is 3.54. The zero-order valence-corrected chi connectivity index (χ0v) is 18.9. The number of hydrogen-bond acceptors (Lipinski definition) is 8. The lowest BCUT2D eigenvalue weighted by Crippen LogP contribution is -2.28. The van der Waals surface area contributed by atoms with E-state index in [0.717, 1.165) is 11.4 Å². The van der Waals surface area contributed by atoms with Gasteiger partial charge in [-0.05, 0) is 67.1 Å². The van der Waals surface area contributed by atoms with Crippen LogP contribution in [0.15, 0.2) is 53.7 Å². The van der Waals surface area contributed by atoms with Gasteiger partial charge in [-0.3, -0.25) is 9.59 Å². The van der Waals surface area contributed by atoms with Gasteiger partial charge in [-0.25, -0.2) is 4.79 Å². The fourth-order valence-corrected chi connectivity index (χ4v) is 5.26. The number of imide groups is 1. The van der Waals surface area contributed by atoms with Crippen LogP contribution in [0.1, 0.15) is 29.3 Å². The van der Waals surface area contributed by atoms with E-state index in [-0.39, 0.29) is 48.0 Å². The SMILES string of the molecule is CCOc1cc(C=NN2C(=O)[C@@H]3[C@H](C2=O)[C@H]2C=C[C@H]3C2)ccc1OC(=O)c1ccc2c(c1)OCO2. The van der Waals surface area contributed by atoms with Crippen LogP contribution in [0.2, 0.25) is 0 Å². The monoisotopic (exact) mass is 474 g/mol. The van der Waals surface area contributed by atoms with Crippen LogP contribution in [0.25, 0.3) is 0 Å². The van der Waals surface area contributed by atoms with E-state index in [1.807, 2.05) is 19.1 Å². The summed E-state index contributed by atoms with van der Waals surface area (Å²) < 4.78 is 21.8. The number of hydrazone groups is 1. The molecule has 35 heavy (non-hydrogen) atoms. The lowest BCUT2D eigenvalue weighted by Gasteiger charge is -2.13. The molecule has 0 unspecified atom stereocenters. The fraction of sp³-hybridized carbons (Fsp3) is 0.308. The number of carbonyl (C=O) groups is 3. The predicted molar refractivity (Wildman–Crippen MR) is 122 cm³/mol. The Kier molecular flexibility index (Phi) is 5.05. The second kappa shape index (κ2) is 8.26. The maximum atomic E-state index is 12.8. The smallest absolute Gasteiger partial charge is 0.343 e. The third-order valence-electron chi connectivity index (χ3n) is 6.85. The minimum atomic E-state index is -0.575. The predicted octanol–water partition coefficient (Wildman–Crippen LogP) is 3.17. The number of benzene rings is 2. The Bertz CT molecular complexity index is 1270. The Morgan fingerprint density at radius 3 is 2.51 bits per heavy atom. The molecule has 178 valence electrons. The summed E-state index contributed by atoms with van der Waals surface area (Å²) >= 11 is 0. The minimum Gasteiger partial charge on any atom is -0.490 e. The molecule has 2 bridgehead atoms. The van der Waals surface area contributed by atoms with Gasteiger partial charge in [0, 0.05) is 0 Å². The highest BCUT2D eigenvalue weighted by Crippen LogP contribution is 2.52. The summed E-state index contributed by atoms with van der Waals surface area (Å²) in [4.78, 5) is 38.3. The van der Waals surface area contributed by atoms with Crippen LogP contribution in [0.5, 0.6) is 23.0 Å². The summed E-state index contributed by atoms with van der Waals surface area (Å²) in [6.45, 7) is 2.27. The third-order valence-corrected chi connectivity index (χ3v) is 6.85. The van der Waals surface area contributed by atoms with Crippen molar-refractivity contribution in [2.75, 3.05) is 13.4 Å². The number of amides is 2. The van der Waals surface area contributed by atoms with Crippen molar-refractivity contribution in [3.63, 3.8) is 0 Å². The molecule has 2 heterocycles. The lowest BCUT2D eigenvalue weighted by atomic mass is 9.85. The number of ether oxygens (including phenoxy) is 4. The molecule has 2 aliphatic heterocycles. The highest BCUT2D eigenvalue weighted by Gasteiger charge is 2.59. The van der Waals surface area contributed by atoms with Gasteiger partial charge in [-0.2, -0.15) is 10.1 Å². The van der Waals surface area contributed by atoms with Gasteiger partial charge in [0.1, 0.15) is 0 Å². The molecule has 0 radical (unpaired) electrons. The van der Waals surface area contributed by atoms with E-state index >= 15 is 0 Å². The summed E-state index contributed by atoms with van der Waals surface area (Å²) in [7, 11) is 0. The molecule has 4 aliphatic rings. The van der Waals surface area contributed by atoms with Crippen molar-refractivity contribution in [2.45, 2.75) is 13.3 Å². The average molecular weight is 474 g/mol. The van der Waals surface area contributed by atoms with E-state index in [0.29, 0.717) is 35.0 Å².